The molecule has 5 heteroatoms. The van der Waals surface area contributed by atoms with Crippen LogP contribution in [0.5, 0.6) is 5.75 Å². The molecular formula is C15H22N2O3. The SMILES string of the molecule is CCC(C)NC(=O)CC(=O)Nc1cc(C)ccc1OC. The van der Waals surface area contributed by atoms with Crippen molar-refractivity contribution in [2.45, 2.75) is 39.7 Å². The molecule has 0 fully saturated rings. The van der Waals surface area contributed by atoms with Gasteiger partial charge in [0.2, 0.25) is 11.8 Å². The van der Waals surface area contributed by atoms with E-state index in [1.54, 1.807) is 6.07 Å². The molecule has 1 aromatic rings. The zero-order valence-corrected chi connectivity index (χ0v) is 12.4. The maximum atomic E-state index is 11.8. The summed E-state index contributed by atoms with van der Waals surface area (Å²) in [6, 6.07) is 5.56. The lowest BCUT2D eigenvalue weighted by Crippen LogP contribution is -2.34. The third-order valence-electron chi connectivity index (χ3n) is 2.97. The molecule has 110 valence electrons. The Morgan fingerprint density at radius 1 is 1.30 bits per heavy atom. The van der Waals surface area contributed by atoms with Crippen molar-refractivity contribution in [3.05, 3.63) is 23.8 Å². The van der Waals surface area contributed by atoms with Gasteiger partial charge in [-0.25, -0.2) is 0 Å². The van der Waals surface area contributed by atoms with E-state index in [0.717, 1.165) is 12.0 Å². The first-order chi connectivity index (χ1) is 9.46. The highest BCUT2D eigenvalue weighted by molar-refractivity contribution is 6.04. The van der Waals surface area contributed by atoms with Gasteiger partial charge in [0.15, 0.2) is 0 Å². The maximum absolute atomic E-state index is 11.8. The smallest absolute Gasteiger partial charge is 0.233 e. The lowest BCUT2D eigenvalue weighted by atomic mass is 10.2. The van der Waals surface area contributed by atoms with Crippen LogP contribution in [0.1, 0.15) is 32.3 Å². The first-order valence-corrected chi connectivity index (χ1v) is 6.70. The maximum Gasteiger partial charge on any atom is 0.233 e. The second-order valence-corrected chi connectivity index (χ2v) is 4.81. The third kappa shape index (κ3) is 4.91. The number of carbonyl (C=O) groups excluding carboxylic acids is 2. The van der Waals surface area contributed by atoms with E-state index in [-0.39, 0.29) is 24.3 Å². The molecule has 0 spiro atoms. The summed E-state index contributed by atoms with van der Waals surface area (Å²) >= 11 is 0. The molecule has 1 aromatic carbocycles. The molecule has 0 aliphatic carbocycles. The molecule has 20 heavy (non-hydrogen) atoms. The molecule has 1 atom stereocenters. The average molecular weight is 278 g/mol. The molecule has 0 heterocycles. The number of hydrogen-bond acceptors (Lipinski definition) is 3. The van der Waals surface area contributed by atoms with E-state index in [1.165, 1.54) is 7.11 Å². The number of methoxy groups -OCH3 is 1. The Labute approximate surface area is 119 Å². The zero-order valence-electron chi connectivity index (χ0n) is 12.4. The summed E-state index contributed by atoms with van der Waals surface area (Å²) < 4.78 is 5.17. The molecule has 0 radical (unpaired) electrons. The Hall–Kier alpha value is -2.04. The number of anilines is 1. The minimum atomic E-state index is -0.352. The van der Waals surface area contributed by atoms with Crippen LogP contribution in [0.4, 0.5) is 5.69 Å². The monoisotopic (exact) mass is 278 g/mol. The Balaban J connectivity index is 2.62. The van der Waals surface area contributed by atoms with Crippen LogP contribution in [0, 0.1) is 6.92 Å². The molecule has 0 bridgehead atoms. The summed E-state index contributed by atoms with van der Waals surface area (Å²) in [4.78, 5) is 23.5. The van der Waals surface area contributed by atoms with E-state index in [2.05, 4.69) is 10.6 Å². The summed E-state index contributed by atoms with van der Waals surface area (Å²) in [5.41, 5.74) is 1.58. The van der Waals surface area contributed by atoms with Crippen molar-refractivity contribution in [1.29, 1.82) is 0 Å². The molecule has 5 nitrogen and oxygen atoms in total. The normalized spacial score (nSPS) is 11.6. The number of carbonyl (C=O) groups is 2. The third-order valence-corrected chi connectivity index (χ3v) is 2.97. The van der Waals surface area contributed by atoms with Gasteiger partial charge in [0.25, 0.3) is 0 Å². The van der Waals surface area contributed by atoms with Gasteiger partial charge < -0.3 is 15.4 Å². The van der Waals surface area contributed by atoms with Crippen LogP contribution in [0.25, 0.3) is 0 Å². The standard InChI is InChI=1S/C15H22N2O3/c1-5-11(3)16-14(18)9-15(19)17-12-8-10(2)6-7-13(12)20-4/h6-8,11H,5,9H2,1-4H3,(H,16,18)(H,17,19). The van der Waals surface area contributed by atoms with E-state index in [4.69, 9.17) is 4.74 Å². The van der Waals surface area contributed by atoms with Gasteiger partial charge in [-0.15, -0.1) is 0 Å². The van der Waals surface area contributed by atoms with Gasteiger partial charge >= 0.3 is 0 Å². The quantitative estimate of drug-likeness (QED) is 0.784. The van der Waals surface area contributed by atoms with Crippen LogP contribution in [-0.4, -0.2) is 25.0 Å². The van der Waals surface area contributed by atoms with Crippen molar-refractivity contribution in [2.75, 3.05) is 12.4 Å². The van der Waals surface area contributed by atoms with E-state index in [0.29, 0.717) is 11.4 Å². The molecular weight excluding hydrogens is 256 g/mol. The molecule has 0 saturated heterocycles. The minimum absolute atomic E-state index is 0.0730. The van der Waals surface area contributed by atoms with Crippen LogP contribution < -0.4 is 15.4 Å². The van der Waals surface area contributed by atoms with Crippen molar-refractivity contribution in [3.8, 4) is 5.75 Å². The number of rotatable bonds is 6. The molecule has 2 amide bonds. The fourth-order valence-corrected chi connectivity index (χ4v) is 1.69. The van der Waals surface area contributed by atoms with Crippen LogP contribution in [0.15, 0.2) is 18.2 Å². The van der Waals surface area contributed by atoms with E-state index in [9.17, 15) is 9.59 Å². The molecule has 0 aliphatic rings. The number of benzene rings is 1. The van der Waals surface area contributed by atoms with E-state index < -0.39 is 0 Å². The zero-order chi connectivity index (χ0) is 15.1. The predicted octanol–water partition coefficient (Wildman–Crippen LogP) is 2.25. The number of aryl methyl sites for hydroxylation is 1. The second kappa shape index (κ2) is 7.53. The van der Waals surface area contributed by atoms with Crippen LogP contribution in [0.2, 0.25) is 0 Å². The number of ether oxygens (including phenoxy) is 1. The minimum Gasteiger partial charge on any atom is -0.495 e. The van der Waals surface area contributed by atoms with Gasteiger partial charge in [-0.2, -0.15) is 0 Å². The van der Waals surface area contributed by atoms with E-state index in [1.807, 2.05) is 32.9 Å². The summed E-state index contributed by atoms with van der Waals surface area (Å²) in [7, 11) is 1.54. The van der Waals surface area contributed by atoms with E-state index >= 15 is 0 Å². The Bertz CT molecular complexity index is 486. The average Bonchev–Trinajstić information content (AvgIpc) is 2.38. The fraction of sp³-hybridized carbons (Fsp3) is 0.467. The van der Waals surface area contributed by atoms with Gasteiger partial charge in [-0.05, 0) is 38.0 Å². The van der Waals surface area contributed by atoms with Gasteiger partial charge in [-0.3, -0.25) is 9.59 Å². The first kappa shape index (κ1) is 16.0. The van der Waals surface area contributed by atoms with Gasteiger partial charge in [0, 0.05) is 6.04 Å². The predicted molar refractivity (Wildman–Crippen MR) is 78.9 cm³/mol. The summed E-state index contributed by atoms with van der Waals surface area (Å²) in [5, 5.41) is 5.45. The first-order valence-electron chi connectivity index (χ1n) is 6.70. The van der Waals surface area contributed by atoms with Gasteiger partial charge in [-0.1, -0.05) is 13.0 Å². The topological polar surface area (TPSA) is 67.4 Å². The largest absolute Gasteiger partial charge is 0.495 e. The molecule has 1 unspecified atom stereocenters. The summed E-state index contributed by atoms with van der Waals surface area (Å²) in [6.45, 7) is 5.80. The number of amides is 2. The van der Waals surface area contributed by atoms with Gasteiger partial charge in [0.05, 0.1) is 12.8 Å². The van der Waals surface area contributed by atoms with Crippen molar-refractivity contribution in [1.82, 2.24) is 5.32 Å². The Kier molecular flexibility index (Phi) is 6.03. The second-order valence-electron chi connectivity index (χ2n) is 4.81. The molecule has 0 aromatic heterocycles. The molecule has 2 N–H and O–H groups in total. The highest BCUT2D eigenvalue weighted by atomic mass is 16.5. The highest BCUT2D eigenvalue weighted by Crippen LogP contribution is 2.25. The molecule has 0 aliphatic heterocycles. The lowest BCUT2D eigenvalue weighted by Gasteiger charge is -2.13. The van der Waals surface area contributed by atoms with Crippen molar-refractivity contribution >= 4 is 17.5 Å². The lowest BCUT2D eigenvalue weighted by molar-refractivity contribution is -0.127. The summed E-state index contributed by atoms with van der Waals surface area (Å²) in [6.07, 6.45) is 0.639. The molecule has 1 rings (SSSR count). The van der Waals surface area contributed by atoms with Crippen LogP contribution in [-0.2, 0) is 9.59 Å². The highest BCUT2D eigenvalue weighted by Gasteiger charge is 2.13. The van der Waals surface area contributed by atoms with Crippen molar-refractivity contribution in [2.24, 2.45) is 0 Å². The fourth-order valence-electron chi connectivity index (χ4n) is 1.69. The Morgan fingerprint density at radius 3 is 2.60 bits per heavy atom. The van der Waals surface area contributed by atoms with Crippen LogP contribution >= 0.6 is 0 Å². The van der Waals surface area contributed by atoms with Crippen molar-refractivity contribution < 1.29 is 14.3 Å². The summed E-state index contributed by atoms with van der Waals surface area (Å²) in [5.74, 6) is -0.0514. The van der Waals surface area contributed by atoms with Gasteiger partial charge in [0.1, 0.15) is 12.2 Å². The number of hydrogen-bond donors (Lipinski definition) is 2. The number of nitrogens with one attached hydrogen (secondary N) is 2. The Morgan fingerprint density at radius 2 is 2.00 bits per heavy atom. The molecule has 0 saturated carbocycles. The van der Waals surface area contributed by atoms with Crippen molar-refractivity contribution in [3.63, 3.8) is 0 Å². The van der Waals surface area contributed by atoms with Crippen LogP contribution in [0.3, 0.4) is 0 Å².